The molecule has 1 saturated heterocycles. The van der Waals surface area contributed by atoms with Gasteiger partial charge < -0.3 is 10.1 Å². The molecular formula is C27H26N3O4Se. The third kappa shape index (κ3) is 5.44. The second-order valence-corrected chi connectivity index (χ2v) is 9.03. The van der Waals surface area contributed by atoms with E-state index in [9.17, 15) is 15.3 Å². The van der Waals surface area contributed by atoms with Gasteiger partial charge in [-0.25, -0.2) is 0 Å². The Bertz CT molecular complexity index is 1190. The van der Waals surface area contributed by atoms with Crippen LogP contribution in [0.4, 0.5) is 0 Å². The number of quaternary nitrogens is 1. The van der Waals surface area contributed by atoms with Gasteiger partial charge in [0.25, 0.3) is 0 Å². The Morgan fingerprint density at radius 1 is 1.06 bits per heavy atom. The summed E-state index contributed by atoms with van der Waals surface area (Å²) in [5, 5.41) is 23.9. The molecule has 35 heavy (non-hydrogen) atoms. The molecule has 1 radical (unpaired) electrons. The predicted molar refractivity (Wildman–Crippen MR) is 134 cm³/mol. The summed E-state index contributed by atoms with van der Waals surface area (Å²) in [5.41, 5.74) is -0.711. The van der Waals surface area contributed by atoms with Crippen LogP contribution < -0.4 is 5.32 Å². The van der Waals surface area contributed by atoms with E-state index < -0.39 is 17.6 Å². The minimum absolute atomic E-state index is 0.259. The molecule has 3 atom stereocenters. The number of ketones is 1. The zero-order valence-electron chi connectivity index (χ0n) is 19.0. The maximum atomic E-state index is 13.7. The first-order valence-electron chi connectivity index (χ1n) is 11.4. The molecule has 2 aliphatic heterocycles. The van der Waals surface area contributed by atoms with Crippen LogP contribution in [0.5, 0.6) is 0 Å². The van der Waals surface area contributed by atoms with E-state index >= 15 is 0 Å². The van der Waals surface area contributed by atoms with Crippen LogP contribution in [0.3, 0.4) is 0 Å². The van der Waals surface area contributed by atoms with Gasteiger partial charge >= 0.3 is 176 Å². The molecule has 8 heteroatoms. The van der Waals surface area contributed by atoms with Gasteiger partial charge in [0.15, 0.2) is 0 Å². The molecule has 0 aliphatic carbocycles. The number of allylic oxidation sites excluding steroid dienone is 1. The second-order valence-electron chi connectivity index (χ2n) is 8.21. The fraction of sp³-hybridized carbons (Fsp3) is 0.259. The Kier molecular flexibility index (Phi) is 8.26. The van der Waals surface area contributed by atoms with Crippen LogP contribution in [0.15, 0.2) is 94.0 Å². The number of carbonyl (C=O) groups excluding carboxylic acids is 1. The Labute approximate surface area is 212 Å². The molecule has 3 aromatic rings. The van der Waals surface area contributed by atoms with Gasteiger partial charge in [-0.15, -0.1) is 0 Å². The van der Waals surface area contributed by atoms with Crippen molar-refractivity contribution in [3.8, 4) is 0 Å². The molecular weight excluding hydrogens is 509 g/mol. The van der Waals surface area contributed by atoms with Crippen molar-refractivity contribution < 1.29 is 24.4 Å². The number of aliphatic imine (C=N–C) groups is 1. The van der Waals surface area contributed by atoms with E-state index in [1.807, 2.05) is 12.1 Å². The van der Waals surface area contributed by atoms with Crippen molar-refractivity contribution >= 4 is 32.3 Å². The molecule has 0 saturated carbocycles. The molecule has 2 aromatic carbocycles. The molecule has 7 nitrogen and oxygen atoms in total. The Morgan fingerprint density at radius 2 is 1.71 bits per heavy atom. The predicted octanol–water partition coefficient (Wildman–Crippen LogP) is 2.03. The first-order chi connectivity index (χ1) is 17.1. The van der Waals surface area contributed by atoms with Gasteiger partial charge in [0.1, 0.15) is 0 Å². The van der Waals surface area contributed by atoms with Crippen molar-refractivity contribution in [1.29, 1.82) is 0 Å². The molecule has 0 spiro atoms. The molecule has 5 rings (SSSR count). The number of morpholine rings is 1. The standard InChI is InChI=1S/C23H16N2O3Se.C4H9NO/c24-14-17-19(18-12-7-13-28-18)20(21(26)15-8-3-1-4-9-15)23(27,25-22(17)29)16-10-5-2-6-11-16;1-3-6-4-2-5-1/h1-13,19-20,27H;5H,1-4H2/q-1;/p+1/t19-,20+,23-;/m0./s1. The summed E-state index contributed by atoms with van der Waals surface area (Å²) >= 11 is 2.77. The van der Waals surface area contributed by atoms with Crippen molar-refractivity contribution in [3.63, 3.8) is 0 Å². The van der Waals surface area contributed by atoms with Crippen molar-refractivity contribution in [3.05, 3.63) is 107 Å². The topological polar surface area (TPSA) is 111 Å². The zero-order chi connectivity index (χ0) is 24.7. The molecule has 1 fully saturated rings. The van der Waals surface area contributed by atoms with E-state index in [4.69, 9.17) is 9.15 Å². The number of nitrogens with zero attached hydrogens (tertiary/aromatic N) is 2. The van der Waals surface area contributed by atoms with Crippen LogP contribution in [0.25, 0.3) is 5.41 Å². The molecule has 0 unspecified atom stereocenters. The van der Waals surface area contributed by atoms with E-state index in [0.29, 0.717) is 16.9 Å². The average molecular weight is 535 g/mol. The number of aliphatic hydroxyl groups is 1. The van der Waals surface area contributed by atoms with Crippen LogP contribution >= 0.6 is 0 Å². The zero-order valence-corrected chi connectivity index (χ0v) is 20.8. The molecule has 2 aliphatic rings. The van der Waals surface area contributed by atoms with Gasteiger partial charge in [0.2, 0.25) is 0 Å². The summed E-state index contributed by atoms with van der Waals surface area (Å²) in [7, 11) is 0. The third-order valence-electron chi connectivity index (χ3n) is 6.02. The van der Waals surface area contributed by atoms with Crippen molar-refractivity contribution in [2.24, 2.45) is 10.9 Å². The third-order valence-corrected chi connectivity index (χ3v) is 6.68. The van der Waals surface area contributed by atoms with Crippen LogP contribution in [0, 0.1) is 5.92 Å². The van der Waals surface area contributed by atoms with E-state index in [0.717, 1.165) is 26.3 Å². The number of rotatable bonds is 4. The monoisotopic (exact) mass is 536 g/mol. The Hall–Kier alpha value is -3.09. The van der Waals surface area contributed by atoms with Crippen molar-refractivity contribution in [2.45, 2.75) is 11.6 Å². The number of carbonyl (C=O) groups is 1. The van der Waals surface area contributed by atoms with Gasteiger partial charge in [0, 0.05) is 0 Å². The second kappa shape index (κ2) is 11.6. The molecule has 1 aromatic heterocycles. The van der Waals surface area contributed by atoms with Gasteiger partial charge in [0.05, 0.1) is 26.3 Å². The molecule has 0 amide bonds. The van der Waals surface area contributed by atoms with Crippen LogP contribution in [0.2, 0.25) is 0 Å². The van der Waals surface area contributed by atoms with Gasteiger partial charge in [-0.05, 0) is 0 Å². The molecule has 0 bridgehead atoms. The van der Waals surface area contributed by atoms with Crippen molar-refractivity contribution in [2.75, 3.05) is 26.3 Å². The van der Waals surface area contributed by atoms with E-state index in [2.05, 4.69) is 32.2 Å². The number of hydrogen-bond donors (Lipinski definition) is 2. The van der Waals surface area contributed by atoms with E-state index in [1.165, 1.54) is 6.26 Å². The van der Waals surface area contributed by atoms with Crippen LogP contribution in [0.1, 0.15) is 27.6 Å². The summed E-state index contributed by atoms with van der Waals surface area (Å²) < 4.78 is 10.9. The fourth-order valence-corrected chi connectivity index (χ4v) is 4.99. The van der Waals surface area contributed by atoms with Crippen LogP contribution in [-0.4, -0.2) is 63.7 Å². The summed E-state index contributed by atoms with van der Waals surface area (Å²) in [4.78, 5) is 18.1. The number of ether oxygens (including phenoxy) is 1. The first-order valence-corrected chi connectivity index (χ1v) is 12.3. The SMILES string of the molecule is C1COCC[NH2+]1.[N-]=C=C1C([Se])=N[C@](O)(c2ccccc2)[C@@H](C(=O)c2ccccc2)[C@@H]1c1ccco1. The normalized spacial score (nSPS) is 23.9. The first kappa shape index (κ1) is 25.0. The number of benzene rings is 2. The van der Waals surface area contributed by atoms with Crippen molar-refractivity contribution in [1.82, 2.24) is 0 Å². The Balaban J connectivity index is 0.000000421. The summed E-state index contributed by atoms with van der Waals surface area (Å²) in [5.74, 6) is 0.387. The average Bonchev–Trinajstić information content (AvgIpc) is 3.45. The van der Waals surface area contributed by atoms with E-state index in [1.54, 1.807) is 60.7 Å². The quantitative estimate of drug-likeness (QED) is 0.303. The summed E-state index contributed by atoms with van der Waals surface area (Å²) in [6.45, 7) is 4.19. The van der Waals surface area contributed by atoms with Gasteiger partial charge in [-0.3, -0.25) is 0 Å². The summed E-state index contributed by atoms with van der Waals surface area (Å²) in [6.07, 6.45) is 1.49. The molecule has 3 heterocycles. The van der Waals surface area contributed by atoms with Gasteiger partial charge in [-0.1, -0.05) is 0 Å². The fourth-order valence-electron chi connectivity index (χ4n) is 4.33. The van der Waals surface area contributed by atoms with Crippen LogP contribution in [-0.2, 0) is 10.5 Å². The minimum atomic E-state index is -1.87. The molecule has 3 N–H and O–H groups in total. The molecule has 179 valence electrons. The Morgan fingerprint density at radius 3 is 2.23 bits per heavy atom. The number of hydrogen-bond acceptors (Lipinski definition) is 5. The number of furan rings is 1. The van der Waals surface area contributed by atoms with Gasteiger partial charge in [-0.2, -0.15) is 0 Å². The maximum absolute atomic E-state index is 13.7. The number of Topliss-reactive ketones (excluding diaryl/α,β-unsaturated/α-hetero) is 1. The summed E-state index contributed by atoms with van der Waals surface area (Å²) in [6, 6.07) is 20.9. The number of nitrogens with two attached hydrogens (primary N) is 1. The van der Waals surface area contributed by atoms with E-state index in [-0.39, 0.29) is 16.0 Å².